The second-order valence-electron chi connectivity index (χ2n) is 4.70. The summed E-state index contributed by atoms with van der Waals surface area (Å²) in [5.74, 6) is -0.955. The van der Waals surface area contributed by atoms with Crippen LogP contribution in [-0.2, 0) is 14.3 Å². The summed E-state index contributed by atoms with van der Waals surface area (Å²) in [7, 11) is 0. The Kier molecular flexibility index (Phi) is 3.74. The number of aliphatic carboxylic acids is 1. The molecule has 0 aromatic heterocycles. The highest BCUT2D eigenvalue weighted by atomic mass is 16.6. The maximum Gasteiger partial charge on any atom is 0.412 e. The highest BCUT2D eigenvalue weighted by Crippen LogP contribution is 2.17. The van der Waals surface area contributed by atoms with Crippen LogP contribution in [0.25, 0.3) is 0 Å². The van der Waals surface area contributed by atoms with Crippen molar-refractivity contribution in [1.82, 2.24) is 4.90 Å². The highest BCUT2D eigenvalue weighted by Gasteiger charge is 2.34. The third-order valence-electron chi connectivity index (χ3n) is 2.02. The van der Waals surface area contributed by atoms with Crippen LogP contribution in [0.3, 0.4) is 0 Å². The molecule has 1 saturated heterocycles. The van der Waals surface area contributed by atoms with E-state index >= 15 is 0 Å². The predicted octanol–water partition coefficient (Wildman–Crippen LogP) is 1.05. The van der Waals surface area contributed by atoms with Crippen LogP contribution < -0.4 is 0 Å². The Labute approximate surface area is 94.1 Å². The summed E-state index contributed by atoms with van der Waals surface area (Å²) < 4.78 is 10.2. The Morgan fingerprint density at radius 3 is 2.62 bits per heavy atom. The van der Waals surface area contributed by atoms with Crippen molar-refractivity contribution in [1.29, 1.82) is 0 Å². The third-order valence-corrected chi connectivity index (χ3v) is 2.02. The Hall–Kier alpha value is -1.30. The quantitative estimate of drug-likeness (QED) is 0.768. The third kappa shape index (κ3) is 3.69. The van der Waals surface area contributed by atoms with Crippen molar-refractivity contribution >= 4 is 12.1 Å². The summed E-state index contributed by atoms with van der Waals surface area (Å²) in [5.41, 5.74) is -0.590. The molecule has 1 heterocycles. The lowest BCUT2D eigenvalue weighted by Gasteiger charge is -2.26. The van der Waals surface area contributed by atoms with Gasteiger partial charge in [0, 0.05) is 0 Å². The van der Waals surface area contributed by atoms with E-state index in [0.29, 0.717) is 0 Å². The lowest BCUT2D eigenvalue weighted by molar-refractivity contribution is -0.138. The van der Waals surface area contributed by atoms with Gasteiger partial charge in [0.05, 0.1) is 19.1 Å². The first-order chi connectivity index (χ1) is 7.29. The van der Waals surface area contributed by atoms with Gasteiger partial charge in [-0.2, -0.15) is 0 Å². The molecule has 1 amide bonds. The molecule has 1 atom stereocenters. The van der Waals surface area contributed by atoms with Crippen molar-refractivity contribution < 1.29 is 24.2 Å². The number of hydrogen-bond donors (Lipinski definition) is 1. The molecule has 0 aliphatic carbocycles. The van der Waals surface area contributed by atoms with Crippen LogP contribution in [0.2, 0.25) is 0 Å². The SMILES string of the molecule is CC(C)(C)OC(=O)N1COC[C@@H]1CC(=O)O. The van der Waals surface area contributed by atoms with Crippen molar-refractivity contribution in [3.8, 4) is 0 Å². The topological polar surface area (TPSA) is 76.1 Å². The zero-order valence-corrected chi connectivity index (χ0v) is 9.73. The van der Waals surface area contributed by atoms with E-state index in [9.17, 15) is 9.59 Å². The van der Waals surface area contributed by atoms with Crippen LogP contribution in [0.1, 0.15) is 27.2 Å². The zero-order chi connectivity index (χ0) is 12.3. The first kappa shape index (κ1) is 12.8. The molecule has 0 radical (unpaired) electrons. The van der Waals surface area contributed by atoms with Crippen molar-refractivity contribution in [2.75, 3.05) is 13.3 Å². The summed E-state index contributed by atoms with van der Waals surface area (Å²) in [6, 6.07) is -0.438. The first-order valence-electron chi connectivity index (χ1n) is 5.09. The van der Waals surface area contributed by atoms with E-state index in [-0.39, 0.29) is 19.8 Å². The Morgan fingerprint density at radius 1 is 1.50 bits per heavy atom. The van der Waals surface area contributed by atoms with E-state index in [1.807, 2.05) is 0 Å². The van der Waals surface area contributed by atoms with Gasteiger partial charge in [-0.1, -0.05) is 0 Å². The lowest BCUT2D eigenvalue weighted by Crippen LogP contribution is -2.41. The molecule has 0 spiro atoms. The van der Waals surface area contributed by atoms with Crippen molar-refractivity contribution in [3.63, 3.8) is 0 Å². The second kappa shape index (κ2) is 4.69. The molecule has 0 unspecified atom stereocenters. The molecule has 1 N–H and O–H groups in total. The van der Waals surface area contributed by atoms with Crippen molar-refractivity contribution in [3.05, 3.63) is 0 Å². The maximum absolute atomic E-state index is 11.7. The van der Waals surface area contributed by atoms with Gasteiger partial charge in [-0.15, -0.1) is 0 Å². The van der Waals surface area contributed by atoms with Crippen molar-refractivity contribution in [2.24, 2.45) is 0 Å². The van der Waals surface area contributed by atoms with Crippen LogP contribution >= 0.6 is 0 Å². The highest BCUT2D eigenvalue weighted by molar-refractivity contribution is 5.72. The van der Waals surface area contributed by atoms with E-state index in [0.717, 1.165) is 0 Å². The minimum atomic E-state index is -0.955. The number of hydrogen-bond acceptors (Lipinski definition) is 4. The van der Waals surface area contributed by atoms with Crippen LogP contribution in [0.15, 0.2) is 0 Å². The number of carbonyl (C=O) groups is 2. The standard InChI is InChI=1S/C10H17NO5/c1-10(2,3)16-9(14)11-6-15-5-7(11)4-8(12)13/h7H,4-6H2,1-3H3,(H,12,13)/t7-/m0/s1. The summed E-state index contributed by atoms with van der Waals surface area (Å²) in [5, 5.41) is 8.67. The van der Waals surface area contributed by atoms with Gasteiger partial charge >= 0.3 is 12.1 Å². The van der Waals surface area contributed by atoms with Gasteiger partial charge in [-0.25, -0.2) is 4.79 Å². The van der Waals surface area contributed by atoms with Crippen LogP contribution in [-0.4, -0.2) is 47.0 Å². The molecular weight excluding hydrogens is 214 g/mol. The minimum absolute atomic E-state index is 0.0901. The molecule has 1 rings (SSSR count). The van der Waals surface area contributed by atoms with Crippen LogP contribution in [0, 0.1) is 0 Å². The summed E-state index contributed by atoms with van der Waals surface area (Å²) in [6.07, 6.45) is -0.657. The summed E-state index contributed by atoms with van der Waals surface area (Å²) in [4.78, 5) is 23.6. The monoisotopic (exact) mass is 231 g/mol. The van der Waals surface area contributed by atoms with Crippen LogP contribution in [0.4, 0.5) is 4.79 Å². The van der Waals surface area contributed by atoms with Gasteiger partial charge < -0.3 is 14.6 Å². The fraction of sp³-hybridized carbons (Fsp3) is 0.800. The van der Waals surface area contributed by atoms with Crippen LogP contribution in [0.5, 0.6) is 0 Å². The molecule has 0 bridgehead atoms. The van der Waals surface area contributed by atoms with E-state index in [1.165, 1.54) is 4.90 Å². The van der Waals surface area contributed by atoms with E-state index in [2.05, 4.69) is 0 Å². The number of rotatable bonds is 2. The molecular formula is C10H17NO5. The lowest BCUT2D eigenvalue weighted by atomic mass is 10.2. The number of carboxylic acid groups (broad SMARTS) is 1. The molecule has 16 heavy (non-hydrogen) atoms. The van der Waals surface area contributed by atoms with Gasteiger partial charge in [-0.05, 0) is 20.8 Å². The zero-order valence-electron chi connectivity index (χ0n) is 9.73. The largest absolute Gasteiger partial charge is 0.481 e. The number of carboxylic acids is 1. The van der Waals surface area contributed by atoms with Gasteiger partial charge in [0.15, 0.2) is 0 Å². The van der Waals surface area contributed by atoms with Crippen molar-refractivity contribution in [2.45, 2.75) is 38.8 Å². The van der Waals surface area contributed by atoms with Gasteiger partial charge in [0.1, 0.15) is 12.3 Å². The number of ether oxygens (including phenoxy) is 2. The Bertz CT molecular complexity index is 283. The number of amides is 1. The Morgan fingerprint density at radius 2 is 2.12 bits per heavy atom. The molecule has 1 aliphatic rings. The normalized spacial score (nSPS) is 20.9. The molecule has 1 aliphatic heterocycles. The minimum Gasteiger partial charge on any atom is -0.481 e. The second-order valence-corrected chi connectivity index (χ2v) is 4.70. The number of nitrogens with zero attached hydrogens (tertiary/aromatic N) is 1. The summed E-state index contributed by atoms with van der Waals surface area (Å²) >= 11 is 0. The average molecular weight is 231 g/mol. The van der Waals surface area contributed by atoms with E-state index < -0.39 is 23.7 Å². The predicted molar refractivity (Wildman–Crippen MR) is 54.9 cm³/mol. The fourth-order valence-corrected chi connectivity index (χ4v) is 1.38. The molecule has 6 heteroatoms. The fourth-order valence-electron chi connectivity index (χ4n) is 1.38. The summed E-state index contributed by atoms with van der Waals surface area (Å²) in [6.45, 7) is 5.61. The van der Waals surface area contributed by atoms with Gasteiger partial charge in [0.2, 0.25) is 0 Å². The molecule has 0 aromatic carbocycles. The molecule has 1 fully saturated rings. The number of carbonyl (C=O) groups excluding carboxylic acids is 1. The first-order valence-corrected chi connectivity index (χ1v) is 5.09. The maximum atomic E-state index is 11.7. The molecule has 92 valence electrons. The Balaban J connectivity index is 2.57. The van der Waals surface area contributed by atoms with Gasteiger partial charge in [0.25, 0.3) is 0 Å². The van der Waals surface area contributed by atoms with E-state index in [4.69, 9.17) is 14.6 Å². The van der Waals surface area contributed by atoms with E-state index in [1.54, 1.807) is 20.8 Å². The van der Waals surface area contributed by atoms with Gasteiger partial charge in [-0.3, -0.25) is 9.69 Å². The average Bonchev–Trinajstić information content (AvgIpc) is 2.47. The molecule has 0 saturated carbocycles. The molecule has 6 nitrogen and oxygen atoms in total. The molecule has 0 aromatic rings. The smallest absolute Gasteiger partial charge is 0.412 e.